The zero-order valence-corrected chi connectivity index (χ0v) is 8.26. The molecular weight excluding hydrogens is 156 g/mol. The van der Waals surface area contributed by atoms with E-state index in [1.54, 1.807) is 12.1 Å². The van der Waals surface area contributed by atoms with E-state index < -0.39 is 0 Å². The first-order chi connectivity index (χ1) is 4.79. The highest BCUT2D eigenvalue weighted by molar-refractivity contribution is 7.59. The van der Waals surface area contributed by atoms with Crippen LogP contribution in [0.5, 0.6) is 5.75 Å². The summed E-state index contributed by atoms with van der Waals surface area (Å²) in [7, 11) is 0. The van der Waals surface area contributed by atoms with Crippen LogP contribution in [0.15, 0.2) is 24.3 Å². The Morgan fingerprint density at radius 2 is 1.36 bits per heavy atom. The number of aryl methyl sites for hydroxylation is 1. The molecule has 0 saturated carbocycles. The Labute approximate surface area is 75.5 Å². The Kier molecular flexibility index (Phi) is 8.83. The molecule has 0 atom stereocenters. The second kappa shape index (κ2) is 7.48. The van der Waals surface area contributed by atoms with Crippen LogP contribution in [0, 0.1) is 6.92 Å². The molecule has 11 heavy (non-hydrogen) atoms. The van der Waals surface area contributed by atoms with Gasteiger partial charge >= 0.3 is 0 Å². The Balaban J connectivity index is 0. The van der Waals surface area contributed by atoms with Gasteiger partial charge in [0.05, 0.1) is 0 Å². The first kappa shape index (κ1) is 13.0. The summed E-state index contributed by atoms with van der Waals surface area (Å²) >= 11 is 0. The monoisotopic (exact) mass is 172 g/mol. The minimum absolute atomic E-state index is 0. The summed E-state index contributed by atoms with van der Waals surface area (Å²) in [5.41, 5.74) is 1.17. The van der Waals surface area contributed by atoms with Crippen LogP contribution in [0.3, 0.4) is 0 Å². The van der Waals surface area contributed by atoms with E-state index in [-0.39, 0.29) is 13.5 Å². The standard InChI is InChI=1S/C7H8O.C2H6.H2S/c1-6-2-4-7(8)5-3-6;1-2;/h2-5,8H,1H3;1-2H3;1H2. The van der Waals surface area contributed by atoms with Crippen LogP contribution < -0.4 is 0 Å². The normalized spacial score (nSPS) is 7.18. The molecule has 0 spiro atoms. The molecule has 0 aromatic heterocycles. The van der Waals surface area contributed by atoms with Crippen LogP contribution in [0.4, 0.5) is 0 Å². The van der Waals surface area contributed by atoms with E-state index in [1.807, 2.05) is 32.9 Å². The van der Waals surface area contributed by atoms with Crippen LogP contribution in [-0.2, 0) is 0 Å². The number of aromatic hydroxyl groups is 1. The Hall–Kier alpha value is -0.630. The molecule has 1 aromatic rings. The van der Waals surface area contributed by atoms with E-state index in [0.29, 0.717) is 5.75 Å². The number of hydrogen-bond donors (Lipinski definition) is 1. The van der Waals surface area contributed by atoms with Gasteiger partial charge in [0.15, 0.2) is 0 Å². The van der Waals surface area contributed by atoms with Gasteiger partial charge in [-0.1, -0.05) is 31.5 Å². The minimum atomic E-state index is 0. The van der Waals surface area contributed by atoms with Crippen molar-refractivity contribution < 1.29 is 5.11 Å². The van der Waals surface area contributed by atoms with Crippen molar-refractivity contribution in [3.05, 3.63) is 29.8 Å². The molecule has 64 valence electrons. The lowest BCUT2D eigenvalue weighted by Crippen LogP contribution is -1.66. The summed E-state index contributed by atoms with van der Waals surface area (Å²) in [5, 5.41) is 8.76. The topological polar surface area (TPSA) is 20.2 Å². The van der Waals surface area contributed by atoms with Crippen molar-refractivity contribution in [1.82, 2.24) is 0 Å². The molecule has 1 N–H and O–H groups in total. The molecule has 0 aliphatic rings. The maximum atomic E-state index is 8.76. The van der Waals surface area contributed by atoms with Gasteiger partial charge in [-0.3, -0.25) is 0 Å². The van der Waals surface area contributed by atoms with Crippen LogP contribution in [-0.4, -0.2) is 5.11 Å². The van der Waals surface area contributed by atoms with Crippen LogP contribution >= 0.6 is 13.5 Å². The number of phenolic OH excluding ortho intramolecular Hbond substituents is 1. The van der Waals surface area contributed by atoms with Gasteiger partial charge in [0.2, 0.25) is 0 Å². The number of phenols is 1. The van der Waals surface area contributed by atoms with Crippen LogP contribution in [0.25, 0.3) is 0 Å². The highest BCUT2D eigenvalue weighted by Crippen LogP contribution is 2.07. The van der Waals surface area contributed by atoms with Gasteiger partial charge in [-0.2, -0.15) is 13.5 Å². The maximum Gasteiger partial charge on any atom is 0.115 e. The lowest BCUT2D eigenvalue weighted by Gasteiger charge is -1.89. The predicted octanol–water partition coefficient (Wildman–Crippen LogP) is 2.84. The van der Waals surface area contributed by atoms with Gasteiger partial charge in [-0.25, -0.2) is 0 Å². The molecule has 0 fully saturated rings. The van der Waals surface area contributed by atoms with Gasteiger partial charge in [0.1, 0.15) is 5.75 Å². The van der Waals surface area contributed by atoms with E-state index in [0.717, 1.165) is 0 Å². The Morgan fingerprint density at radius 3 is 1.64 bits per heavy atom. The fraction of sp³-hybridized carbons (Fsp3) is 0.333. The summed E-state index contributed by atoms with van der Waals surface area (Å²) in [6.07, 6.45) is 0. The summed E-state index contributed by atoms with van der Waals surface area (Å²) in [5.74, 6) is 0.329. The minimum Gasteiger partial charge on any atom is -0.508 e. The van der Waals surface area contributed by atoms with E-state index in [2.05, 4.69) is 0 Å². The van der Waals surface area contributed by atoms with Gasteiger partial charge in [-0.05, 0) is 19.1 Å². The summed E-state index contributed by atoms with van der Waals surface area (Å²) in [6, 6.07) is 7.09. The van der Waals surface area contributed by atoms with Crippen molar-refractivity contribution in [2.75, 3.05) is 0 Å². The molecule has 0 unspecified atom stereocenters. The molecule has 1 aromatic carbocycles. The molecule has 0 bridgehead atoms. The average Bonchev–Trinajstić information content (AvgIpc) is 2.00. The van der Waals surface area contributed by atoms with Crippen LogP contribution in [0.1, 0.15) is 19.4 Å². The molecule has 2 heteroatoms. The maximum absolute atomic E-state index is 8.76. The number of hydrogen-bond acceptors (Lipinski definition) is 1. The fourth-order valence-corrected chi connectivity index (χ4v) is 0.545. The second-order valence-electron chi connectivity index (χ2n) is 1.84. The molecule has 0 saturated heterocycles. The van der Waals surface area contributed by atoms with Crippen molar-refractivity contribution in [2.45, 2.75) is 20.8 Å². The van der Waals surface area contributed by atoms with E-state index >= 15 is 0 Å². The van der Waals surface area contributed by atoms with Crippen molar-refractivity contribution in [1.29, 1.82) is 0 Å². The van der Waals surface area contributed by atoms with Gasteiger partial charge in [0, 0.05) is 0 Å². The van der Waals surface area contributed by atoms with Crippen molar-refractivity contribution in [3.8, 4) is 5.75 Å². The molecule has 0 heterocycles. The molecule has 0 aliphatic heterocycles. The third-order valence-electron chi connectivity index (χ3n) is 1.03. The Bertz CT molecular complexity index is 148. The second-order valence-corrected chi connectivity index (χ2v) is 1.84. The highest BCUT2D eigenvalue weighted by Gasteiger charge is 1.82. The van der Waals surface area contributed by atoms with Crippen molar-refractivity contribution >= 4 is 13.5 Å². The van der Waals surface area contributed by atoms with Gasteiger partial charge < -0.3 is 5.11 Å². The zero-order valence-electron chi connectivity index (χ0n) is 7.26. The van der Waals surface area contributed by atoms with Gasteiger partial charge in [0.25, 0.3) is 0 Å². The summed E-state index contributed by atoms with van der Waals surface area (Å²) < 4.78 is 0. The third-order valence-corrected chi connectivity index (χ3v) is 1.03. The van der Waals surface area contributed by atoms with Gasteiger partial charge in [-0.15, -0.1) is 0 Å². The van der Waals surface area contributed by atoms with Crippen molar-refractivity contribution in [3.63, 3.8) is 0 Å². The fourth-order valence-electron chi connectivity index (χ4n) is 0.545. The molecule has 1 rings (SSSR count). The largest absolute Gasteiger partial charge is 0.508 e. The first-order valence-corrected chi connectivity index (χ1v) is 3.54. The van der Waals surface area contributed by atoms with E-state index in [4.69, 9.17) is 5.11 Å². The van der Waals surface area contributed by atoms with Crippen molar-refractivity contribution in [2.24, 2.45) is 0 Å². The highest BCUT2D eigenvalue weighted by atomic mass is 32.1. The lowest BCUT2D eigenvalue weighted by molar-refractivity contribution is 0.475. The quantitative estimate of drug-likeness (QED) is 0.638. The average molecular weight is 172 g/mol. The third kappa shape index (κ3) is 5.80. The summed E-state index contributed by atoms with van der Waals surface area (Å²) in [4.78, 5) is 0. The zero-order chi connectivity index (χ0) is 7.98. The number of rotatable bonds is 0. The smallest absolute Gasteiger partial charge is 0.115 e. The molecular formula is C9H16OS. The van der Waals surface area contributed by atoms with Crippen LogP contribution in [0.2, 0.25) is 0 Å². The van der Waals surface area contributed by atoms with E-state index in [9.17, 15) is 0 Å². The van der Waals surface area contributed by atoms with E-state index in [1.165, 1.54) is 5.56 Å². The molecule has 0 radical (unpaired) electrons. The molecule has 0 aliphatic carbocycles. The first-order valence-electron chi connectivity index (χ1n) is 3.54. The SMILES string of the molecule is CC.Cc1ccc(O)cc1.S. The summed E-state index contributed by atoms with van der Waals surface area (Å²) in [6.45, 7) is 5.99. The number of benzene rings is 1. The molecule has 1 nitrogen and oxygen atoms in total. The molecule has 0 amide bonds. The Morgan fingerprint density at radius 1 is 1.00 bits per heavy atom. The predicted molar refractivity (Wildman–Crippen MR) is 54.6 cm³/mol. The lowest BCUT2D eigenvalue weighted by atomic mass is 10.2.